The van der Waals surface area contributed by atoms with Crippen LogP contribution in [0.3, 0.4) is 0 Å². The summed E-state index contributed by atoms with van der Waals surface area (Å²) in [4.78, 5) is 18.6. The zero-order chi connectivity index (χ0) is 20.4. The van der Waals surface area contributed by atoms with Crippen molar-refractivity contribution in [3.63, 3.8) is 0 Å². The average molecular weight is 393 g/mol. The van der Waals surface area contributed by atoms with Gasteiger partial charge in [-0.1, -0.05) is 24.3 Å². The highest BCUT2D eigenvalue weighted by Crippen LogP contribution is 2.37. The molecule has 2 aromatic heterocycles. The molecule has 1 aromatic carbocycles. The summed E-state index contributed by atoms with van der Waals surface area (Å²) in [5.41, 5.74) is 0.814. The molecule has 6 heteroatoms. The van der Waals surface area contributed by atoms with E-state index < -0.39 is 5.60 Å². The summed E-state index contributed by atoms with van der Waals surface area (Å²) in [6.45, 7) is 1.96. The van der Waals surface area contributed by atoms with Gasteiger partial charge in [-0.05, 0) is 50.8 Å². The molecular formula is C23H27N3O3. The molecule has 152 valence electrons. The van der Waals surface area contributed by atoms with Gasteiger partial charge in [-0.3, -0.25) is 4.98 Å². The van der Waals surface area contributed by atoms with E-state index in [0.717, 1.165) is 35.1 Å². The average Bonchev–Trinajstić information content (AvgIpc) is 3.19. The molecule has 0 bridgehead atoms. The van der Waals surface area contributed by atoms with Crippen molar-refractivity contribution >= 4 is 17.0 Å². The number of carbonyl (C=O) groups excluding carboxylic acids is 1. The largest absolute Gasteiger partial charge is 0.459 e. The van der Waals surface area contributed by atoms with E-state index in [-0.39, 0.29) is 18.1 Å². The van der Waals surface area contributed by atoms with Crippen molar-refractivity contribution in [2.45, 2.75) is 50.3 Å². The number of carbonyl (C=O) groups is 1. The zero-order valence-electron chi connectivity index (χ0n) is 16.8. The third-order valence-corrected chi connectivity index (χ3v) is 6.10. The zero-order valence-corrected chi connectivity index (χ0v) is 16.8. The summed E-state index contributed by atoms with van der Waals surface area (Å²) in [5, 5.41) is 15.1. The van der Waals surface area contributed by atoms with Crippen LogP contribution in [0.15, 0.2) is 59.3 Å². The van der Waals surface area contributed by atoms with Crippen LogP contribution in [0, 0.1) is 0 Å². The van der Waals surface area contributed by atoms with Gasteiger partial charge in [0.25, 0.3) is 0 Å². The number of nitrogens with zero attached hydrogens (tertiary/aromatic N) is 2. The Bertz CT molecular complexity index is 944. The first-order chi connectivity index (χ1) is 14.0. The van der Waals surface area contributed by atoms with Gasteiger partial charge in [0.1, 0.15) is 11.3 Å². The highest BCUT2D eigenvalue weighted by Gasteiger charge is 2.36. The Morgan fingerprint density at radius 3 is 2.72 bits per heavy atom. The topological polar surface area (TPSA) is 78.6 Å². The SMILES string of the molecule is CC(c1cc2ccccc2o1)N(C)C(=O)NC1CCC(O)(c2cccnc2)CC1. The van der Waals surface area contributed by atoms with Gasteiger partial charge in [0, 0.05) is 36.4 Å². The second-order valence-electron chi connectivity index (χ2n) is 7.97. The molecule has 29 heavy (non-hydrogen) atoms. The van der Waals surface area contributed by atoms with Gasteiger partial charge in [0.2, 0.25) is 0 Å². The number of hydrogen-bond donors (Lipinski definition) is 2. The number of nitrogens with one attached hydrogen (secondary N) is 1. The molecular weight excluding hydrogens is 366 g/mol. The van der Waals surface area contributed by atoms with Crippen LogP contribution in [-0.4, -0.2) is 34.1 Å². The fourth-order valence-corrected chi connectivity index (χ4v) is 4.02. The molecule has 4 rings (SSSR count). The van der Waals surface area contributed by atoms with Crippen LogP contribution in [0.25, 0.3) is 11.0 Å². The number of amides is 2. The Morgan fingerprint density at radius 2 is 2.03 bits per heavy atom. The molecule has 0 saturated heterocycles. The molecule has 2 N–H and O–H groups in total. The maximum Gasteiger partial charge on any atom is 0.317 e. The van der Waals surface area contributed by atoms with Crippen molar-refractivity contribution in [2.24, 2.45) is 0 Å². The Hall–Kier alpha value is -2.86. The highest BCUT2D eigenvalue weighted by atomic mass is 16.3. The summed E-state index contributed by atoms with van der Waals surface area (Å²) in [6, 6.07) is 13.3. The first-order valence-electron chi connectivity index (χ1n) is 10.1. The Kier molecular flexibility index (Phi) is 5.28. The predicted molar refractivity (Wildman–Crippen MR) is 111 cm³/mol. The number of urea groups is 1. The van der Waals surface area contributed by atoms with Crippen LogP contribution in [-0.2, 0) is 5.60 Å². The Morgan fingerprint density at radius 1 is 1.28 bits per heavy atom. The lowest BCUT2D eigenvalue weighted by Crippen LogP contribution is -2.47. The van der Waals surface area contributed by atoms with Crippen LogP contribution < -0.4 is 5.32 Å². The van der Waals surface area contributed by atoms with Crippen molar-refractivity contribution in [3.05, 3.63) is 66.2 Å². The quantitative estimate of drug-likeness (QED) is 0.690. The van der Waals surface area contributed by atoms with Crippen LogP contribution in [0.2, 0.25) is 0 Å². The fraction of sp³-hybridized carbons (Fsp3) is 0.391. The molecule has 0 radical (unpaired) electrons. The molecule has 1 aliphatic rings. The number of aromatic nitrogens is 1. The summed E-state index contributed by atoms with van der Waals surface area (Å²) in [7, 11) is 1.78. The number of rotatable bonds is 4. The predicted octanol–water partition coefficient (Wildman–Crippen LogP) is 4.36. The number of aliphatic hydroxyl groups is 1. The van der Waals surface area contributed by atoms with E-state index in [0.29, 0.717) is 12.8 Å². The summed E-state index contributed by atoms with van der Waals surface area (Å²) >= 11 is 0. The second kappa shape index (κ2) is 7.87. The number of pyridine rings is 1. The van der Waals surface area contributed by atoms with E-state index in [1.165, 1.54) is 0 Å². The van der Waals surface area contributed by atoms with Gasteiger partial charge >= 0.3 is 6.03 Å². The van der Waals surface area contributed by atoms with Gasteiger partial charge in [0.15, 0.2) is 0 Å². The second-order valence-corrected chi connectivity index (χ2v) is 7.97. The van der Waals surface area contributed by atoms with E-state index in [4.69, 9.17) is 4.42 Å². The number of para-hydroxylation sites is 1. The van der Waals surface area contributed by atoms with E-state index in [9.17, 15) is 9.90 Å². The van der Waals surface area contributed by atoms with Gasteiger partial charge in [0.05, 0.1) is 11.6 Å². The molecule has 1 fully saturated rings. The van der Waals surface area contributed by atoms with E-state index >= 15 is 0 Å². The molecule has 1 saturated carbocycles. The van der Waals surface area contributed by atoms with Crippen molar-refractivity contribution in [1.82, 2.24) is 15.2 Å². The lowest BCUT2D eigenvalue weighted by Gasteiger charge is -2.37. The first kappa shape index (κ1) is 19.5. The maximum absolute atomic E-state index is 12.8. The minimum absolute atomic E-state index is 0.0461. The van der Waals surface area contributed by atoms with E-state index in [2.05, 4.69) is 10.3 Å². The van der Waals surface area contributed by atoms with Gasteiger partial charge in [-0.2, -0.15) is 0 Å². The number of benzene rings is 1. The Balaban J connectivity index is 1.35. The van der Waals surface area contributed by atoms with E-state index in [1.807, 2.05) is 49.4 Å². The molecule has 3 aromatic rings. The van der Waals surface area contributed by atoms with Crippen molar-refractivity contribution in [2.75, 3.05) is 7.05 Å². The monoisotopic (exact) mass is 393 g/mol. The van der Waals surface area contributed by atoms with Crippen molar-refractivity contribution < 1.29 is 14.3 Å². The van der Waals surface area contributed by atoms with Crippen LogP contribution in [0.4, 0.5) is 4.79 Å². The van der Waals surface area contributed by atoms with Crippen molar-refractivity contribution in [1.29, 1.82) is 0 Å². The number of furan rings is 1. The lowest BCUT2D eigenvalue weighted by atomic mass is 9.78. The fourth-order valence-electron chi connectivity index (χ4n) is 4.02. The van der Waals surface area contributed by atoms with Crippen LogP contribution in [0.5, 0.6) is 0 Å². The lowest BCUT2D eigenvalue weighted by molar-refractivity contribution is -0.00806. The van der Waals surface area contributed by atoms with Crippen molar-refractivity contribution in [3.8, 4) is 0 Å². The highest BCUT2D eigenvalue weighted by molar-refractivity contribution is 5.78. The smallest absolute Gasteiger partial charge is 0.317 e. The van der Waals surface area contributed by atoms with E-state index in [1.54, 1.807) is 24.3 Å². The molecule has 1 unspecified atom stereocenters. The minimum Gasteiger partial charge on any atom is -0.459 e. The number of fused-ring (bicyclic) bond motifs is 1. The summed E-state index contributed by atoms with van der Waals surface area (Å²) in [5.74, 6) is 0.762. The molecule has 6 nitrogen and oxygen atoms in total. The molecule has 0 spiro atoms. The van der Waals surface area contributed by atoms with Crippen LogP contribution in [0.1, 0.15) is 50.0 Å². The maximum atomic E-state index is 12.8. The third-order valence-electron chi connectivity index (χ3n) is 6.10. The number of hydrogen-bond acceptors (Lipinski definition) is 4. The van der Waals surface area contributed by atoms with Gasteiger partial charge < -0.3 is 19.7 Å². The summed E-state index contributed by atoms with van der Waals surface area (Å²) in [6.07, 6.45) is 6.09. The van der Waals surface area contributed by atoms with Crippen LogP contribution >= 0.6 is 0 Å². The standard InChI is InChI=1S/C23H27N3O3/c1-16(21-14-17-6-3-4-8-20(17)29-21)26(2)22(27)25-19-9-11-23(28,12-10-19)18-7-5-13-24-15-18/h3-8,13-16,19,28H,9-12H2,1-2H3,(H,25,27). The first-order valence-corrected chi connectivity index (χ1v) is 10.1. The molecule has 1 aliphatic carbocycles. The minimum atomic E-state index is -0.858. The van der Waals surface area contributed by atoms with Gasteiger partial charge in [-0.25, -0.2) is 4.79 Å². The van der Waals surface area contributed by atoms with Gasteiger partial charge in [-0.15, -0.1) is 0 Å². The Labute approximate surface area is 170 Å². The molecule has 2 heterocycles. The molecule has 1 atom stereocenters. The molecule has 2 amide bonds. The third kappa shape index (κ3) is 3.98. The summed E-state index contributed by atoms with van der Waals surface area (Å²) < 4.78 is 5.91. The normalized spacial score (nSPS) is 22.9. The molecule has 0 aliphatic heterocycles.